The number of nitrogens with one attached hydrogen (secondary N) is 1. The second-order valence-corrected chi connectivity index (χ2v) is 4.44. The highest BCUT2D eigenvalue weighted by atomic mass is 79.9. The summed E-state index contributed by atoms with van der Waals surface area (Å²) in [5.41, 5.74) is 0. The summed E-state index contributed by atoms with van der Waals surface area (Å²) < 4.78 is 7.74. The largest absolute Gasteiger partial charge is 0.467 e. The Morgan fingerprint density at radius 3 is 3.12 bits per heavy atom. The summed E-state index contributed by atoms with van der Waals surface area (Å²) in [6.45, 7) is 0.990. The van der Waals surface area contributed by atoms with E-state index in [1.54, 1.807) is 23.2 Å². The van der Waals surface area contributed by atoms with Gasteiger partial charge in [0.25, 0.3) is 0 Å². The van der Waals surface area contributed by atoms with Crippen LogP contribution in [0.2, 0.25) is 0 Å². The first-order chi connectivity index (χ1) is 8.24. The highest BCUT2D eigenvalue weighted by Crippen LogP contribution is 2.06. The van der Waals surface area contributed by atoms with Crippen molar-refractivity contribution >= 4 is 21.8 Å². The fourth-order valence-corrected chi connectivity index (χ4v) is 1.69. The molecule has 0 unspecified atom stereocenters. The number of furan rings is 1. The molecular formula is C11H12BrN3O2. The van der Waals surface area contributed by atoms with Crippen LogP contribution in [0.4, 0.5) is 0 Å². The molecule has 0 aromatic carbocycles. The predicted octanol–water partition coefficient (Wildman–Crippen LogP) is 1.95. The van der Waals surface area contributed by atoms with Crippen LogP contribution in [-0.4, -0.2) is 15.7 Å². The summed E-state index contributed by atoms with van der Waals surface area (Å²) in [6, 6.07) is 3.62. The first-order valence-corrected chi connectivity index (χ1v) is 6.00. The molecule has 1 amide bonds. The van der Waals surface area contributed by atoms with Gasteiger partial charge < -0.3 is 9.73 Å². The Kier molecular flexibility index (Phi) is 3.98. The van der Waals surface area contributed by atoms with Crippen LogP contribution in [0.15, 0.2) is 39.7 Å². The molecule has 17 heavy (non-hydrogen) atoms. The molecule has 0 aliphatic carbocycles. The van der Waals surface area contributed by atoms with Gasteiger partial charge in [0.1, 0.15) is 5.76 Å². The van der Waals surface area contributed by atoms with E-state index >= 15 is 0 Å². The molecule has 2 aromatic heterocycles. The fraction of sp³-hybridized carbons (Fsp3) is 0.273. The number of hydrogen-bond donors (Lipinski definition) is 1. The topological polar surface area (TPSA) is 60.1 Å². The number of aryl methyl sites for hydroxylation is 1. The molecule has 0 aliphatic rings. The zero-order chi connectivity index (χ0) is 12.1. The molecule has 5 nitrogen and oxygen atoms in total. The Morgan fingerprint density at radius 1 is 1.59 bits per heavy atom. The standard InChI is InChI=1S/C11H12BrN3O2/c12-9-6-14-15(8-9)4-3-11(16)13-7-10-2-1-5-17-10/h1-2,5-6,8H,3-4,7H2,(H,13,16). The van der Waals surface area contributed by atoms with E-state index in [0.29, 0.717) is 19.5 Å². The molecule has 0 saturated carbocycles. The van der Waals surface area contributed by atoms with Gasteiger partial charge >= 0.3 is 0 Å². The first kappa shape index (κ1) is 11.9. The smallest absolute Gasteiger partial charge is 0.222 e. The van der Waals surface area contributed by atoms with Gasteiger partial charge in [-0.3, -0.25) is 9.48 Å². The fourth-order valence-electron chi connectivity index (χ4n) is 1.36. The number of carbonyl (C=O) groups excluding carboxylic acids is 1. The molecular weight excluding hydrogens is 286 g/mol. The summed E-state index contributed by atoms with van der Waals surface area (Å²) >= 11 is 3.30. The zero-order valence-electron chi connectivity index (χ0n) is 9.10. The van der Waals surface area contributed by atoms with E-state index in [4.69, 9.17) is 4.42 Å². The Hall–Kier alpha value is -1.56. The maximum atomic E-state index is 11.5. The van der Waals surface area contributed by atoms with Crippen LogP contribution in [0, 0.1) is 0 Å². The van der Waals surface area contributed by atoms with Crippen LogP contribution >= 0.6 is 15.9 Å². The van der Waals surface area contributed by atoms with Crippen molar-refractivity contribution in [3.8, 4) is 0 Å². The number of nitrogens with zero attached hydrogens (tertiary/aromatic N) is 2. The molecule has 6 heteroatoms. The van der Waals surface area contributed by atoms with E-state index in [-0.39, 0.29) is 5.91 Å². The summed E-state index contributed by atoms with van der Waals surface area (Å²) in [7, 11) is 0. The molecule has 0 atom stereocenters. The molecule has 2 rings (SSSR count). The highest BCUT2D eigenvalue weighted by Gasteiger charge is 2.03. The van der Waals surface area contributed by atoms with Crippen molar-refractivity contribution in [1.82, 2.24) is 15.1 Å². The Morgan fingerprint density at radius 2 is 2.47 bits per heavy atom. The number of hydrogen-bond acceptors (Lipinski definition) is 3. The molecule has 0 spiro atoms. The minimum atomic E-state index is -0.0203. The Labute approximate surface area is 107 Å². The lowest BCUT2D eigenvalue weighted by Gasteiger charge is -2.03. The lowest BCUT2D eigenvalue weighted by molar-refractivity contribution is -0.121. The number of rotatable bonds is 5. The quantitative estimate of drug-likeness (QED) is 0.917. The third-order valence-corrected chi connectivity index (χ3v) is 2.62. The van der Waals surface area contributed by atoms with Gasteiger partial charge in [0.2, 0.25) is 5.91 Å². The van der Waals surface area contributed by atoms with Gasteiger partial charge in [-0.25, -0.2) is 0 Å². The summed E-state index contributed by atoms with van der Waals surface area (Å²) in [5.74, 6) is 0.730. The molecule has 0 saturated heterocycles. The van der Waals surface area contributed by atoms with Crippen LogP contribution in [-0.2, 0) is 17.9 Å². The van der Waals surface area contributed by atoms with E-state index < -0.39 is 0 Å². The molecule has 90 valence electrons. The predicted molar refractivity (Wildman–Crippen MR) is 65.1 cm³/mol. The number of aromatic nitrogens is 2. The minimum absolute atomic E-state index is 0.0203. The number of amides is 1. The van der Waals surface area contributed by atoms with E-state index in [9.17, 15) is 4.79 Å². The van der Waals surface area contributed by atoms with Crippen LogP contribution < -0.4 is 5.32 Å². The molecule has 1 N–H and O–H groups in total. The van der Waals surface area contributed by atoms with Gasteiger partial charge in [-0.15, -0.1) is 0 Å². The number of carbonyl (C=O) groups is 1. The van der Waals surface area contributed by atoms with Crippen molar-refractivity contribution in [2.75, 3.05) is 0 Å². The van der Waals surface area contributed by atoms with Crippen molar-refractivity contribution in [2.45, 2.75) is 19.5 Å². The summed E-state index contributed by atoms with van der Waals surface area (Å²) in [6.07, 6.45) is 5.51. The van der Waals surface area contributed by atoms with Crippen LogP contribution in [0.5, 0.6) is 0 Å². The molecule has 0 bridgehead atoms. The molecule has 2 aromatic rings. The van der Waals surface area contributed by atoms with E-state index in [1.807, 2.05) is 12.3 Å². The maximum Gasteiger partial charge on any atom is 0.222 e. The van der Waals surface area contributed by atoms with Gasteiger partial charge in [0.05, 0.1) is 23.5 Å². The Balaban J connectivity index is 1.71. The third kappa shape index (κ3) is 3.74. The average Bonchev–Trinajstić information content (AvgIpc) is 2.95. The number of halogens is 1. The van der Waals surface area contributed by atoms with Crippen molar-refractivity contribution in [2.24, 2.45) is 0 Å². The van der Waals surface area contributed by atoms with Gasteiger partial charge in [0, 0.05) is 19.2 Å². The minimum Gasteiger partial charge on any atom is -0.467 e. The van der Waals surface area contributed by atoms with Crippen LogP contribution in [0.1, 0.15) is 12.2 Å². The second kappa shape index (κ2) is 5.67. The second-order valence-electron chi connectivity index (χ2n) is 3.53. The van der Waals surface area contributed by atoms with Crippen molar-refractivity contribution in [3.05, 3.63) is 41.0 Å². The maximum absolute atomic E-state index is 11.5. The molecule has 0 aliphatic heterocycles. The van der Waals surface area contributed by atoms with E-state index in [1.165, 1.54) is 0 Å². The van der Waals surface area contributed by atoms with E-state index in [0.717, 1.165) is 10.2 Å². The highest BCUT2D eigenvalue weighted by molar-refractivity contribution is 9.10. The lowest BCUT2D eigenvalue weighted by Crippen LogP contribution is -2.23. The van der Waals surface area contributed by atoms with E-state index in [2.05, 4.69) is 26.3 Å². The van der Waals surface area contributed by atoms with Gasteiger partial charge in [-0.05, 0) is 28.1 Å². The van der Waals surface area contributed by atoms with Crippen LogP contribution in [0.25, 0.3) is 0 Å². The van der Waals surface area contributed by atoms with Gasteiger partial charge in [-0.2, -0.15) is 5.10 Å². The first-order valence-electron chi connectivity index (χ1n) is 5.21. The molecule has 0 radical (unpaired) electrons. The van der Waals surface area contributed by atoms with Crippen molar-refractivity contribution in [3.63, 3.8) is 0 Å². The lowest BCUT2D eigenvalue weighted by atomic mass is 10.4. The van der Waals surface area contributed by atoms with Crippen LogP contribution in [0.3, 0.4) is 0 Å². The average molecular weight is 298 g/mol. The normalized spacial score (nSPS) is 10.4. The molecule has 0 fully saturated rings. The third-order valence-electron chi connectivity index (χ3n) is 2.21. The molecule has 2 heterocycles. The zero-order valence-corrected chi connectivity index (χ0v) is 10.7. The van der Waals surface area contributed by atoms with Crippen molar-refractivity contribution < 1.29 is 9.21 Å². The van der Waals surface area contributed by atoms with Gasteiger partial charge in [0.15, 0.2) is 0 Å². The summed E-state index contributed by atoms with van der Waals surface area (Å²) in [4.78, 5) is 11.5. The SMILES string of the molecule is O=C(CCn1cc(Br)cn1)NCc1ccco1. The monoisotopic (exact) mass is 297 g/mol. The summed E-state index contributed by atoms with van der Waals surface area (Å²) in [5, 5.41) is 6.85. The van der Waals surface area contributed by atoms with Crippen molar-refractivity contribution in [1.29, 1.82) is 0 Å². The Bertz CT molecular complexity index is 479. The van der Waals surface area contributed by atoms with Gasteiger partial charge in [-0.1, -0.05) is 0 Å².